The van der Waals surface area contributed by atoms with E-state index < -0.39 is 5.97 Å². The summed E-state index contributed by atoms with van der Waals surface area (Å²) in [6.07, 6.45) is 0. The van der Waals surface area contributed by atoms with Crippen molar-refractivity contribution in [1.29, 1.82) is 0 Å². The first kappa shape index (κ1) is 17.0. The van der Waals surface area contributed by atoms with Crippen molar-refractivity contribution in [2.24, 2.45) is 0 Å². The predicted molar refractivity (Wildman–Crippen MR) is 80.4 cm³/mol. The van der Waals surface area contributed by atoms with E-state index in [4.69, 9.17) is 9.47 Å². The first-order valence-electron chi connectivity index (χ1n) is 6.99. The van der Waals surface area contributed by atoms with Crippen molar-refractivity contribution in [3.8, 4) is 5.75 Å². The Labute approximate surface area is 125 Å². The van der Waals surface area contributed by atoms with E-state index in [-0.39, 0.29) is 24.6 Å². The van der Waals surface area contributed by atoms with Gasteiger partial charge in [0.2, 0.25) is 0 Å². The normalized spacial score (nSPS) is 10.6. The smallest absolute Gasteiger partial charge is 0.341 e. The highest BCUT2D eigenvalue weighted by molar-refractivity contribution is 5.92. The minimum atomic E-state index is -0.484. The Morgan fingerprint density at radius 2 is 1.67 bits per heavy atom. The van der Waals surface area contributed by atoms with E-state index in [1.807, 2.05) is 27.7 Å². The van der Waals surface area contributed by atoms with Crippen LogP contribution in [-0.2, 0) is 9.53 Å². The molecular formula is C16H23NO4. The summed E-state index contributed by atoms with van der Waals surface area (Å²) in [7, 11) is 1.31. The molecule has 0 aliphatic carbocycles. The number of esters is 1. The van der Waals surface area contributed by atoms with Gasteiger partial charge in [-0.05, 0) is 39.8 Å². The van der Waals surface area contributed by atoms with Crippen molar-refractivity contribution < 1.29 is 19.1 Å². The molecule has 0 bridgehead atoms. The number of hydrogen-bond acceptors (Lipinski definition) is 4. The van der Waals surface area contributed by atoms with Crippen molar-refractivity contribution in [1.82, 2.24) is 4.90 Å². The maximum absolute atomic E-state index is 12.2. The van der Waals surface area contributed by atoms with Crippen LogP contribution in [0, 0.1) is 0 Å². The van der Waals surface area contributed by atoms with E-state index in [0.717, 1.165) is 0 Å². The summed E-state index contributed by atoms with van der Waals surface area (Å²) in [4.78, 5) is 25.6. The number of amides is 1. The molecule has 0 saturated carbocycles. The van der Waals surface area contributed by atoms with Crippen LogP contribution in [-0.4, -0.2) is 42.6 Å². The number of ether oxygens (including phenoxy) is 2. The van der Waals surface area contributed by atoms with Gasteiger partial charge >= 0.3 is 5.97 Å². The van der Waals surface area contributed by atoms with Gasteiger partial charge in [-0.2, -0.15) is 0 Å². The second-order valence-corrected chi connectivity index (χ2v) is 5.26. The molecule has 0 aromatic heterocycles. The minimum absolute atomic E-state index is 0.0944. The fourth-order valence-corrected chi connectivity index (χ4v) is 2.26. The van der Waals surface area contributed by atoms with E-state index in [9.17, 15) is 9.59 Å². The fraction of sp³-hybridized carbons (Fsp3) is 0.500. The number of para-hydroxylation sites is 1. The van der Waals surface area contributed by atoms with E-state index in [1.165, 1.54) is 7.11 Å². The summed E-state index contributed by atoms with van der Waals surface area (Å²) in [5.74, 6) is -0.243. The molecule has 1 aromatic carbocycles. The molecule has 0 fully saturated rings. The number of nitrogens with zero attached hydrogens (tertiary/aromatic N) is 1. The molecule has 0 aliphatic rings. The maximum atomic E-state index is 12.2. The van der Waals surface area contributed by atoms with Crippen LogP contribution in [0.15, 0.2) is 24.3 Å². The van der Waals surface area contributed by atoms with Gasteiger partial charge in [-0.15, -0.1) is 0 Å². The lowest BCUT2D eigenvalue weighted by atomic mass is 10.2. The van der Waals surface area contributed by atoms with Gasteiger partial charge in [0.25, 0.3) is 5.91 Å². The Morgan fingerprint density at radius 3 is 2.19 bits per heavy atom. The summed E-state index contributed by atoms with van der Waals surface area (Å²) >= 11 is 0. The van der Waals surface area contributed by atoms with E-state index >= 15 is 0 Å². The topological polar surface area (TPSA) is 55.8 Å². The molecule has 0 radical (unpaired) electrons. The molecule has 0 N–H and O–H groups in total. The number of benzene rings is 1. The van der Waals surface area contributed by atoms with Crippen molar-refractivity contribution >= 4 is 11.9 Å². The summed E-state index contributed by atoms with van der Waals surface area (Å²) in [5.41, 5.74) is 0.313. The number of rotatable bonds is 6. The SMILES string of the molecule is COC(=O)c1ccccc1OCC(=O)N(C(C)C)C(C)C. The molecule has 0 unspecified atom stereocenters. The third-order valence-electron chi connectivity index (χ3n) is 3.04. The van der Waals surface area contributed by atoms with Crippen LogP contribution >= 0.6 is 0 Å². The Bertz CT molecular complexity index is 489. The molecular weight excluding hydrogens is 270 g/mol. The standard InChI is InChI=1S/C16H23NO4/c1-11(2)17(12(3)4)15(18)10-21-14-9-7-6-8-13(14)16(19)20-5/h6-9,11-12H,10H2,1-5H3. The van der Waals surface area contributed by atoms with Gasteiger partial charge in [-0.25, -0.2) is 4.79 Å². The number of carbonyl (C=O) groups is 2. The van der Waals surface area contributed by atoms with Crippen molar-refractivity contribution in [2.45, 2.75) is 39.8 Å². The Hall–Kier alpha value is -2.04. The lowest BCUT2D eigenvalue weighted by Gasteiger charge is -2.30. The largest absolute Gasteiger partial charge is 0.483 e. The molecule has 1 aromatic rings. The van der Waals surface area contributed by atoms with Crippen molar-refractivity contribution in [3.05, 3.63) is 29.8 Å². The minimum Gasteiger partial charge on any atom is -0.483 e. The average molecular weight is 293 g/mol. The molecule has 1 amide bonds. The molecule has 0 spiro atoms. The third-order valence-corrected chi connectivity index (χ3v) is 3.04. The van der Waals surface area contributed by atoms with Crippen LogP contribution in [0.4, 0.5) is 0 Å². The second-order valence-electron chi connectivity index (χ2n) is 5.26. The lowest BCUT2D eigenvalue weighted by molar-refractivity contribution is -0.137. The molecule has 116 valence electrons. The van der Waals surface area contributed by atoms with Gasteiger partial charge in [-0.3, -0.25) is 4.79 Å². The van der Waals surface area contributed by atoms with Gasteiger partial charge in [0.15, 0.2) is 6.61 Å². The van der Waals surface area contributed by atoms with Gasteiger partial charge in [0, 0.05) is 12.1 Å². The molecule has 0 heterocycles. The fourth-order valence-electron chi connectivity index (χ4n) is 2.26. The zero-order valence-electron chi connectivity index (χ0n) is 13.3. The Kier molecular flexibility index (Phi) is 6.21. The van der Waals surface area contributed by atoms with Crippen LogP contribution in [0.2, 0.25) is 0 Å². The average Bonchev–Trinajstić information content (AvgIpc) is 2.43. The highest BCUT2D eigenvalue weighted by Gasteiger charge is 2.21. The zero-order chi connectivity index (χ0) is 16.0. The Balaban J connectivity index is 2.80. The van der Waals surface area contributed by atoms with Crippen LogP contribution < -0.4 is 4.74 Å². The molecule has 5 heteroatoms. The molecule has 1 rings (SSSR count). The first-order chi connectivity index (χ1) is 9.88. The van der Waals surface area contributed by atoms with Crippen LogP contribution in [0.5, 0.6) is 5.75 Å². The molecule has 0 saturated heterocycles. The van der Waals surface area contributed by atoms with Gasteiger partial charge in [0.05, 0.1) is 7.11 Å². The molecule has 21 heavy (non-hydrogen) atoms. The summed E-state index contributed by atoms with van der Waals surface area (Å²) in [5, 5.41) is 0. The quantitative estimate of drug-likeness (QED) is 0.756. The Morgan fingerprint density at radius 1 is 1.10 bits per heavy atom. The third kappa shape index (κ3) is 4.48. The second kappa shape index (κ2) is 7.67. The van der Waals surface area contributed by atoms with E-state index in [1.54, 1.807) is 29.2 Å². The van der Waals surface area contributed by atoms with Gasteiger partial charge in [0.1, 0.15) is 11.3 Å². The lowest BCUT2D eigenvalue weighted by Crippen LogP contribution is -2.44. The maximum Gasteiger partial charge on any atom is 0.341 e. The summed E-state index contributed by atoms with van der Waals surface area (Å²) in [6.45, 7) is 7.73. The number of hydrogen-bond donors (Lipinski definition) is 0. The molecule has 0 atom stereocenters. The first-order valence-corrected chi connectivity index (χ1v) is 6.99. The molecule has 5 nitrogen and oxygen atoms in total. The van der Waals surface area contributed by atoms with E-state index in [2.05, 4.69) is 0 Å². The van der Waals surface area contributed by atoms with Crippen LogP contribution in [0.25, 0.3) is 0 Å². The van der Waals surface area contributed by atoms with Crippen molar-refractivity contribution in [3.63, 3.8) is 0 Å². The molecule has 0 aliphatic heterocycles. The highest BCUT2D eigenvalue weighted by atomic mass is 16.5. The van der Waals surface area contributed by atoms with Gasteiger partial charge < -0.3 is 14.4 Å². The number of carbonyl (C=O) groups excluding carboxylic acids is 2. The zero-order valence-corrected chi connectivity index (χ0v) is 13.3. The number of methoxy groups -OCH3 is 1. The predicted octanol–water partition coefficient (Wildman–Crippen LogP) is 2.50. The summed E-state index contributed by atoms with van der Waals surface area (Å²) < 4.78 is 10.2. The monoisotopic (exact) mass is 293 g/mol. The van der Waals surface area contributed by atoms with Crippen molar-refractivity contribution in [2.75, 3.05) is 13.7 Å². The van der Waals surface area contributed by atoms with E-state index in [0.29, 0.717) is 11.3 Å². The van der Waals surface area contributed by atoms with Crippen LogP contribution in [0.1, 0.15) is 38.1 Å². The summed E-state index contributed by atoms with van der Waals surface area (Å²) in [6, 6.07) is 6.90. The highest BCUT2D eigenvalue weighted by Crippen LogP contribution is 2.19. The van der Waals surface area contributed by atoms with Crippen LogP contribution in [0.3, 0.4) is 0 Å². The van der Waals surface area contributed by atoms with Gasteiger partial charge in [-0.1, -0.05) is 12.1 Å².